The van der Waals surface area contributed by atoms with Gasteiger partial charge in [-0.25, -0.2) is 4.79 Å². The number of oxime groups is 1. The summed E-state index contributed by atoms with van der Waals surface area (Å²) in [6.07, 6.45) is 0.166. The first-order valence-electron chi connectivity index (χ1n) is 4.40. The fourth-order valence-corrected chi connectivity index (χ4v) is 1.03. The number of hydrogen-bond acceptors (Lipinski definition) is 4. The van der Waals surface area contributed by atoms with E-state index in [2.05, 4.69) is 5.16 Å². The minimum absolute atomic E-state index is 0.166. The zero-order chi connectivity index (χ0) is 11.0. The molecule has 0 saturated heterocycles. The third kappa shape index (κ3) is 2.37. The van der Waals surface area contributed by atoms with Crippen molar-refractivity contribution in [2.75, 3.05) is 0 Å². The smallest absolute Gasteiger partial charge is 0.351 e. The Morgan fingerprint density at radius 3 is 2.57 bits per heavy atom. The van der Waals surface area contributed by atoms with Crippen LogP contribution in [0.3, 0.4) is 0 Å². The molecule has 0 aromatic heterocycles. The standard InChI is InChI=1S/C9H15NO4/c1-8(2,3)13-6-5-9(4,7(11)12)14-10-6/h5H2,1-4H3,(H,11,12). The molecule has 1 heterocycles. The first-order valence-corrected chi connectivity index (χ1v) is 4.40. The average molecular weight is 201 g/mol. The molecule has 1 rings (SSSR count). The normalized spacial score (nSPS) is 26.7. The summed E-state index contributed by atoms with van der Waals surface area (Å²) in [4.78, 5) is 15.6. The van der Waals surface area contributed by atoms with Crippen molar-refractivity contribution in [3.05, 3.63) is 0 Å². The Labute approximate surface area is 82.7 Å². The van der Waals surface area contributed by atoms with Gasteiger partial charge in [-0.2, -0.15) is 0 Å². The van der Waals surface area contributed by atoms with E-state index in [1.165, 1.54) is 6.92 Å². The van der Waals surface area contributed by atoms with Crippen molar-refractivity contribution in [1.29, 1.82) is 0 Å². The van der Waals surface area contributed by atoms with E-state index in [-0.39, 0.29) is 12.0 Å². The number of hydrogen-bond donors (Lipinski definition) is 1. The van der Waals surface area contributed by atoms with Gasteiger partial charge >= 0.3 is 5.97 Å². The highest BCUT2D eigenvalue weighted by Crippen LogP contribution is 2.26. The topological polar surface area (TPSA) is 68.1 Å². The first-order chi connectivity index (χ1) is 6.23. The van der Waals surface area contributed by atoms with Gasteiger partial charge in [-0.05, 0) is 27.7 Å². The number of carboxylic acid groups (broad SMARTS) is 1. The van der Waals surface area contributed by atoms with Gasteiger partial charge in [0, 0.05) is 0 Å². The van der Waals surface area contributed by atoms with Gasteiger partial charge in [0.1, 0.15) is 5.60 Å². The number of rotatable bonds is 1. The van der Waals surface area contributed by atoms with E-state index in [4.69, 9.17) is 14.7 Å². The van der Waals surface area contributed by atoms with E-state index >= 15 is 0 Å². The Balaban J connectivity index is 2.60. The van der Waals surface area contributed by atoms with Crippen molar-refractivity contribution in [2.45, 2.75) is 45.3 Å². The van der Waals surface area contributed by atoms with Gasteiger partial charge in [-0.1, -0.05) is 5.16 Å². The van der Waals surface area contributed by atoms with Crippen LogP contribution in [0.2, 0.25) is 0 Å². The molecule has 5 heteroatoms. The molecule has 0 aliphatic carbocycles. The molecule has 1 aliphatic heterocycles. The van der Waals surface area contributed by atoms with Crippen molar-refractivity contribution in [2.24, 2.45) is 5.16 Å². The predicted molar refractivity (Wildman–Crippen MR) is 50.0 cm³/mol. The summed E-state index contributed by atoms with van der Waals surface area (Å²) < 4.78 is 5.41. The third-order valence-electron chi connectivity index (χ3n) is 1.71. The van der Waals surface area contributed by atoms with E-state index in [0.29, 0.717) is 5.90 Å². The second-order valence-electron chi connectivity index (χ2n) is 4.50. The highest BCUT2D eigenvalue weighted by molar-refractivity contribution is 5.88. The minimum Gasteiger partial charge on any atom is -0.478 e. The van der Waals surface area contributed by atoms with Crippen LogP contribution in [0.4, 0.5) is 0 Å². The fraction of sp³-hybridized carbons (Fsp3) is 0.778. The maximum absolute atomic E-state index is 10.8. The number of carboxylic acids is 1. The van der Waals surface area contributed by atoms with Gasteiger partial charge in [0.25, 0.3) is 0 Å². The molecule has 0 aromatic rings. The van der Waals surface area contributed by atoms with Gasteiger partial charge in [-0.15, -0.1) is 0 Å². The van der Waals surface area contributed by atoms with E-state index in [0.717, 1.165) is 0 Å². The fourth-order valence-electron chi connectivity index (χ4n) is 1.03. The van der Waals surface area contributed by atoms with E-state index in [1.807, 2.05) is 20.8 Å². The van der Waals surface area contributed by atoms with Crippen LogP contribution in [-0.2, 0) is 14.4 Å². The van der Waals surface area contributed by atoms with Crippen LogP contribution >= 0.6 is 0 Å². The Morgan fingerprint density at radius 1 is 1.64 bits per heavy atom. The summed E-state index contributed by atoms with van der Waals surface area (Å²) in [6.45, 7) is 7.07. The maximum Gasteiger partial charge on any atom is 0.351 e. The zero-order valence-electron chi connectivity index (χ0n) is 8.83. The molecule has 14 heavy (non-hydrogen) atoms. The Morgan fingerprint density at radius 2 is 2.21 bits per heavy atom. The quantitative estimate of drug-likeness (QED) is 0.695. The molecule has 0 spiro atoms. The molecule has 0 bridgehead atoms. The molecule has 0 fully saturated rings. The number of aliphatic carboxylic acids is 1. The van der Waals surface area contributed by atoms with Crippen molar-refractivity contribution in [3.63, 3.8) is 0 Å². The molecule has 1 atom stereocenters. The van der Waals surface area contributed by atoms with Crippen LogP contribution in [-0.4, -0.2) is 28.2 Å². The number of carbonyl (C=O) groups is 1. The van der Waals surface area contributed by atoms with E-state index in [1.54, 1.807) is 0 Å². The summed E-state index contributed by atoms with van der Waals surface area (Å²) in [5.41, 5.74) is -1.66. The lowest BCUT2D eigenvalue weighted by Gasteiger charge is -2.20. The third-order valence-corrected chi connectivity index (χ3v) is 1.71. The minimum atomic E-state index is -1.28. The molecular formula is C9H15NO4. The molecule has 1 aliphatic rings. The molecular weight excluding hydrogens is 186 g/mol. The molecule has 5 nitrogen and oxygen atoms in total. The summed E-state index contributed by atoms with van der Waals surface area (Å²) in [5, 5.41) is 12.4. The van der Waals surface area contributed by atoms with Crippen molar-refractivity contribution in [3.8, 4) is 0 Å². The van der Waals surface area contributed by atoms with Crippen LogP contribution in [0.15, 0.2) is 5.16 Å². The molecule has 0 radical (unpaired) electrons. The monoisotopic (exact) mass is 201 g/mol. The zero-order valence-corrected chi connectivity index (χ0v) is 8.83. The van der Waals surface area contributed by atoms with Crippen molar-refractivity contribution < 1.29 is 19.5 Å². The molecule has 0 aromatic carbocycles. The largest absolute Gasteiger partial charge is 0.478 e. The van der Waals surface area contributed by atoms with Gasteiger partial charge in [-0.3, -0.25) is 0 Å². The lowest BCUT2D eigenvalue weighted by atomic mass is 10.0. The highest BCUT2D eigenvalue weighted by atomic mass is 16.7. The SMILES string of the molecule is CC(C)(C)OC1=NOC(C)(C(=O)O)C1. The van der Waals surface area contributed by atoms with Crippen LogP contribution in [0.25, 0.3) is 0 Å². The Hall–Kier alpha value is -1.26. The molecule has 0 saturated carbocycles. The van der Waals surface area contributed by atoms with E-state index in [9.17, 15) is 4.79 Å². The van der Waals surface area contributed by atoms with E-state index < -0.39 is 11.6 Å². The molecule has 1 unspecified atom stereocenters. The van der Waals surface area contributed by atoms with Crippen LogP contribution in [0.1, 0.15) is 34.1 Å². The predicted octanol–water partition coefficient (Wildman–Crippen LogP) is 1.38. The molecule has 0 amide bonds. The summed E-state index contributed by atoms with van der Waals surface area (Å²) in [6, 6.07) is 0. The Bertz CT molecular complexity index is 279. The lowest BCUT2D eigenvalue weighted by Crippen LogP contribution is -2.36. The first kappa shape index (κ1) is 10.8. The van der Waals surface area contributed by atoms with Crippen LogP contribution in [0, 0.1) is 0 Å². The van der Waals surface area contributed by atoms with Crippen molar-refractivity contribution in [1.82, 2.24) is 0 Å². The van der Waals surface area contributed by atoms with Gasteiger partial charge in [0.05, 0.1) is 6.42 Å². The second-order valence-corrected chi connectivity index (χ2v) is 4.50. The van der Waals surface area contributed by atoms with Crippen LogP contribution < -0.4 is 0 Å². The highest BCUT2D eigenvalue weighted by Gasteiger charge is 2.43. The average Bonchev–Trinajstić information content (AvgIpc) is 2.29. The van der Waals surface area contributed by atoms with Gasteiger partial charge < -0.3 is 14.7 Å². The number of ether oxygens (including phenoxy) is 1. The summed E-state index contributed by atoms with van der Waals surface area (Å²) in [7, 11) is 0. The van der Waals surface area contributed by atoms with Crippen molar-refractivity contribution >= 4 is 11.9 Å². The Kier molecular flexibility index (Phi) is 2.43. The maximum atomic E-state index is 10.8. The molecule has 1 N–H and O–H groups in total. The summed E-state index contributed by atoms with van der Waals surface area (Å²) >= 11 is 0. The second kappa shape index (κ2) is 3.15. The van der Waals surface area contributed by atoms with Gasteiger partial charge in [0.15, 0.2) is 0 Å². The lowest BCUT2D eigenvalue weighted by molar-refractivity contribution is -0.160. The number of nitrogens with zero attached hydrogens (tertiary/aromatic N) is 1. The summed E-state index contributed by atoms with van der Waals surface area (Å²) in [5.74, 6) is -0.698. The molecule has 80 valence electrons. The van der Waals surface area contributed by atoms with Gasteiger partial charge in [0.2, 0.25) is 11.5 Å². The van der Waals surface area contributed by atoms with Crippen LogP contribution in [0.5, 0.6) is 0 Å².